The summed E-state index contributed by atoms with van der Waals surface area (Å²) >= 11 is 0. The monoisotopic (exact) mass is 297 g/mol. The van der Waals surface area contributed by atoms with Gasteiger partial charge in [0.05, 0.1) is 11.0 Å². The lowest BCUT2D eigenvalue weighted by atomic mass is 9.98. The number of ether oxygens (including phenoxy) is 1. The van der Waals surface area contributed by atoms with Crippen LogP contribution in [0.2, 0.25) is 0 Å². The Bertz CT molecular complexity index is 481. The predicted octanol–water partition coefficient (Wildman–Crippen LogP) is 2.70. The van der Waals surface area contributed by atoms with Crippen molar-refractivity contribution in [2.24, 2.45) is 0 Å². The van der Waals surface area contributed by atoms with Crippen molar-refractivity contribution in [3.05, 3.63) is 30.3 Å². The van der Waals surface area contributed by atoms with Crippen molar-refractivity contribution in [3.63, 3.8) is 0 Å². The van der Waals surface area contributed by atoms with E-state index in [1.54, 1.807) is 30.3 Å². The van der Waals surface area contributed by atoms with Gasteiger partial charge in [-0.3, -0.25) is 0 Å². The summed E-state index contributed by atoms with van der Waals surface area (Å²) in [4.78, 5) is 0.313. The topological polar surface area (TPSA) is 55.4 Å². The molecule has 0 aromatic heterocycles. The molecule has 0 saturated heterocycles. The number of hydrogen-bond donors (Lipinski definition) is 1. The molecule has 0 bridgehead atoms. The molecule has 1 N–H and O–H groups in total. The first-order valence-corrected chi connectivity index (χ1v) is 8.83. The molecule has 1 aliphatic carbocycles. The fraction of sp³-hybridized carbons (Fsp3) is 0.600. The van der Waals surface area contributed by atoms with Crippen LogP contribution < -0.4 is 4.72 Å². The maximum Gasteiger partial charge on any atom is 0.240 e. The molecule has 0 atom stereocenters. The zero-order valence-electron chi connectivity index (χ0n) is 11.8. The highest BCUT2D eigenvalue weighted by Crippen LogP contribution is 2.20. The van der Waals surface area contributed by atoms with Crippen molar-refractivity contribution in [1.29, 1.82) is 0 Å². The van der Waals surface area contributed by atoms with Gasteiger partial charge < -0.3 is 4.74 Å². The van der Waals surface area contributed by atoms with Crippen LogP contribution in [0.15, 0.2) is 35.2 Å². The van der Waals surface area contributed by atoms with Crippen LogP contribution in [0.1, 0.15) is 38.5 Å². The molecule has 1 aliphatic rings. The Balaban J connectivity index is 1.65. The summed E-state index contributed by atoms with van der Waals surface area (Å²) in [5.74, 6) is 0. The standard InChI is InChI=1S/C15H23NO3S/c17-20(18,15-10-5-2-6-11-15)16-12-7-13-19-14-8-3-1-4-9-14/h2,5-6,10-11,14,16H,1,3-4,7-9,12-13H2. The van der Waals surface area contributed by atoms with Gasteiger partial charge in [-0.05, 0) is 31.4 Å². The number of hydrogen-bond acceptors (Lipinski definition) is 3. The maximum absolute atomic E-state index is 11.9. The van der Waals surface area contributed by atoms with Crippen LogP contribution in [-0.4, -0.2) is 27.7 Å². The fourth-order valence-corrected chi connectivity index (χ4v) is 3.54. The van der Waals surface area contributed by atoms with E-state index in [0.717, 1.165) is 12.8 Å². The second kappa shape index (κ2) is 7.76. The van der Waals surface area contributed by atoms with E-state index >= 15 is 0 Å². The summed E-state index contributed by atoms with van der Waals surface area (Å²) in [6.45, 7) is 1.05. The average molecular weight is 297 g/mol. The lowest BCUT2D eigenvalue weighted by molar-refractivity contribution is 0.0278. The molecule has 1 saturated carbocycles. The van der Waals surface area contributed by atoms with Crippen molar-refractivity contribution in [2.45, 2.75) is 49.5 Å². The van der Waals surface area contributed by atoms with Gasteiger partial charge in [0.25, 0.3) is 0 Å². The van der Waals surface area contributed by atoms with E-state index < -0.39 is 10.0 Å². The van der Waals surface area contributed by atoms with E-state index in [1.165, 1.54) is 19.3 Å². The molecule has 112 valence electrons. The van der Waals surface area contributed by atoms with Gasteiger partial charge in [-0.15, -0.1) is 0 Å². The first kappa shape index (κ1) is 15.5. The molecular formula is C15H23NO3S. The molecule has 0 aliphatic heterocycles. The van der Waals surface area contributed by atoms with Crippen molar-refractivity contribution in [2.75, 3.05) is 13.2 Å². The van der Waals surface area contributed by atoms with Crippen LogP contribution >= 0.6 is 0 Å². The van der Waals surface area contributed by atoms with Crippen molar-refractivity contribution < 1.29 is 13.2 Å². The van der Waals surface area contributed by atoms with E-state index in [0.29, 0.717) is 30.6 Å². The molecule has 1 aromatic rings. The Morgan fingerprint density at radius 3 is 2.50 bits per heavy atom. The van der Waals surface area contributed by atoms with Crippen molar-refractivity contribution >= 4 is 10.0 Å². The average Bonchev–Trinajstić information content (AvgIpc) is 2.49. The molecule has 0 radical (unpaired) electrons. The second-order valence-corrected chi connectivity index (χ2v) is 6.96. The highest BCUT2D eigenvalue weighted by molar-refractivity contribution is 7.89. The Morgan fingerprint density at radius 1 is 1.10 bits per heavy atom. The molecule has 1 aromatic carbocycles. The minimum absolute atomic E-state index is 0.313. The highest BCUT2D eigenvalue weighted by Gasteiger charge is 2.14. The van der Waals surface area contributed by atoms with E-state index in [9.17, 15) is 8.42 Å². The summed E-state index contributed by atoms with van der Waals surface area (Å²) in [5.41, 5.74) is 0. The number of benzene rings is 1. The van der Waals surface area contributed by atoms with E-state index in [-0.39, 0.29) is 0 Å². The lowest BCUT2D eigenvalue weighted by Crippen LogP contribution is -2.26. The van der Waals surface area contributed by atoms with Gasteiger partial charge in [0.15, 0.2) is 0 Å². The Morgan fingerprint density at radius 2 is 1.80 bits per heavy atom. The third kappa shape index (κ3) is 4.89. The number of sulfonamides is 1. The molecular weight excluding hydrogens is 274 g/mol. The van der Waals surface area contributed by atoms with Crippen LogP contribution in [-0.2, 0) is 14.8 Å². The first-order chi connectivity index (χ1) is 9.68. The van der Waals surface area contributed by atoms with Crippen LogP contribution in [0, 0.1) is 0 Å². The normalized spacial score (nSPS) is 17.2. The summed E-state index contributed by atoms with van der Waals surface area (Å²) in [7, 11) is -3.37. The fourth-order valence-electron chi connectivity index (χ4n) is 2.44. The third-order valence-electron chi connectivity index (χ3n) is 3.57. The van der Waals surface area contributed by atoms with Gasteiger partial charge >= 0.3 is 0 Å². The lowest BCUT2D eigenvalue weighted by Gasteiger charge is -2.21. The summed E-state index contributed by atoms with van der Waals surface area (Å²) < 4.78 is 32.3. The SMILES string of the molecule is O=S(=O)(NCCCOC1CCCCC1)c1ccccc1. The Hall–Kier alpha value is -0.910. The van der Waals surface area contributed by atoms with Gasteiger partial charge in [-0.25, -0.2) is 13.1 Å². The van der Waals surface area contributed by atoms with Gasteiger partial charge in [-0.2, -0.15) is 0 Å². The Labute approximate surface area is 121 Å². The van der Waals surface area contributed by atoms with E-state index in [4.69, 9.17) is 4.74 Å². The van der Waals surface area contributed by atoms with Crippen molar-refractivity contribution in [3.8, 4) is 0 Å². The molecule has 4 nitrogen and oxygen atoms in total. The van der Waals surface area contributed by atoms with E-state index in [2.05, 4.69) is 4.72 Å². The summed E-state index contributed by atoms with van der Waals surface area (Å²) in [5, 5.41) is 0. The smallest absolute Gasteiger partial charge is 0.240 e. The second-order valence-electron chi connectivity index (χ2n) is 5.20. The first-order valence-electron chi connectivity index (χ1n) is 7.35. The highest BCUT2D eigenvalue weighted by atomic mass is 32.2. The maximum atomic E-state index is 11.9. The number of rotatable bonds is 7. The zero-order chi connectivity index (χ0) is 14.3. The largest absolute Gasteiger partial charge is 0.378 e. The van der Waals surface area contributed by atoms with Crippen molar-refractivity contribution in [1.82, 2.24) is 4.72 Å². The van der Waals surface area contributed by atoms with Gasteiger partial charge in [0, 0.05) is 13.2 Å². The summed E-state index contributed by atoms with van der Waals surface area (Å²) in [6.07, 6.45) is 7.22. The third-order valence-corrected chi connectivity index (χ3v) is 5.05. The minimum atomic E-state index is -3.37. The van der Waals surface area contributed by atoms with Gasteiger partial charge in [0.2, 0.25) is 10.0 Å². The van der Waals surface area contributed by atoms with E-state index in [1.807, 2.05) is 0 Å². The van der Waals surface area contributed by atoms with Gasteiger partial charge in [-0.1, -0.05) is 37.5 Å². The molecule has 0 heterocycles. The van der Waals surface area contributed by atoms with Gasteiger partial charge in [0.1, 0.15) is 0 Å². The molecule has 0 amide bonds. The molecule has 1 fully saturated rings. The quantitative estimate of drug-likeness (QED) is 0.787. The molecule has 5 heteroatoms. The Kier molecular flexibility index (Phi) is 6.01. The van der Waals surface area contributed by atoms with Crippen LogP contribution in [0.5, 0.6) is 0 Å². The van der Waals surface area contributed by atoms with Crippen LogP contribution in [0.25, 0.3) is 0 Å². The molecule has 2 rings (SSSR count). The zero-order valence-corrected chi connectivity index (χ0v) is 12.6. The molecule has 0 spiro atoms. The molecule has 0 unspecified atom stereocenters. The molecule has 20 heavy (non-hydrogen) atoms. The van der Waals surface area contributed by atoms with Crippen LogP contribution in [0.4, 0.5) is 0 Å². The number of nitrogens with one attached hydrogen (secondary N) is 1. The predicted molar refractivity (Wildman–Crippen MR) is 79.1 cm³/mol. The minimum Gasteiger partial charge on any atom is -0.378 e. The summed E-state index contributed by atoms with van der Waals surface area (Å²) in [6, 6.07) is 8.44. The van der Waals surface area contributed by atoms with Crippen LogP contribution in [0.3, 0.4) is 0 Å².